The first-order chi connectivity index (χ1) is 9.10. The summed E-state index contributed by atoms with van der Waals surface area (Å²) in [5, 5.41) is 4.69. The number of hydrogen-bond acceptors (Lipinski definition) is 2. The first kappa shape index (κ1) is 14.8. The molecule has 2 nitrogen and oxygen atoms in total. The maximum atomic E-state index is 6.15. The van der Waals surface area contributed by atoms with Crippen molar-refractivity contribution in [3.05, 3.63) is 62.3 Å². The first-order valence-electron chi connectivity index (χ1n) is 5.82. The molecule has 0 saturated heterocycles. The van der Waals surface area contributed by atoms with Crippen molar-refractivity contribution in [2.45, 2.75) is 12.5 Å². The highest BCUT2D eigenvalue weighted by Crippen LogP contribution is 2.27. The molecule has 1 unspecified atom stereocenters. The molecular formula is C14H13BrCl2N2. The van der Waals surface area contributed by atoms with Gasteiger partial charge in [-0.05, 0) is 48.9 Å². The lowest BCUT2D eigenvalue weighted by Gasteiger charge is -2.18. The van der Waals surface area contributed by atoms with E-state index in [1.54, 1.807) is 12.4 Å². The van der Waals surface area contributed by atoms with Gasteiger partial charge in [-0.25, -0.2) is 0 Å². The van der Waals surface area contributed by atoms with Crippen molar-refractivity contribution in [2.75, 3.05) is 7.05 Å². The molecule has 0 radical (unpaired) electrons. The zero-order chi connectivity index (χ0) is 13.8. The second-order valence-corrected chi connectivity index (χ2v) is 5.97. The fraction of sp³-hybridized carbons (Fsp3) is 0.214. The van der Waals surface area contributed by atoms with E-state index in [0.717, 1.165) is 22.0 Å². The minimum Gasteiger partial charge on any atom is -0.313 e. The van der Waals surface area contributed by atoms with Gasteiger partial charge in [-0.15, -0.1) is 0 Å². The predicted octanol–water partition coefficient (Wildman–Crippen LogP) is 4.65. The minimum atomic E-state index is 0.148. The van der Waals surface area contributed by atoms with Gasteiger partial charge >= 0.3 is 0 Å². The predicted molar refractivity (Wildman–Crippen MR) is 83.9 cm³/mol. The molecule has 100 valence electrons. The van der Waals surface area contributed by atoms with Crippen molar-refractivity contribution in [1.29, 1.82) is 0 Å². The van der Waals surface area contributed by atoms with Gasteiger partial charge in [0.25, 0.3) is 0 Å². The zero-order valence-electron chi connectivity index (χ0n) is 10.3. The number of rotatable bonds is 4. The van der Waals surface area contributed by atoms with E-state index in [1.807, 2.05) is 25.2 Å². The lowest BCUT2D eigenvalue weighted by Crippen LogP contribution is -2.19. The molecule has 19 heavy (non-hydrogen) atoms. The molecule has 5 heteroatoms. The highest BCUT2D eigenvalue weighted by Gasteiger charge is 2.13. The summed E-state index contributed by atoms with van der Waals surface area (Å²) in [6.07, 6.45) is 4.20. The number of halogens is 3. The highest BCUT2D eigenvalue weighted by molar-refractivity contribution is 9.10. The average Bonchev–Trinajstić information content (AvgIpc) is 2.36. The number of likely N-dealkylation sites (N-methyl/N-ethyl adjacent to an activating group) is 1. The smallest absolute Gasteiger partial charge is 0.0622 e. The number of nitrogens with one attached hydrogen (secondary N) is 1. The lowest BCUT2D eigenvalue weighted by molar-refractivity contribution is 0.591. The number of benzene rings is 1. The van der Waals surface area contributed by atoms with E-state index in [0.29, 0.717) is 10.0 Å². The van der Waals surface area contributed by atoms with E-state index in [1.165, 1.54) is 0 Å². The molecule has 0 spiro atoms. The van der Waals surface area contributed by atoms with E-state index < -0.39 is 0 Å². The normalized spacial score (nSPS) is 12.4. The number of pyridine rings is 1. The average molecular weight is 360 g/mol. The van der Waals surface area contributed by atoms with Crippen LogP contribution in [0.15, 0.2) is 41.1 Å². The maximum absolute atomic E-state index is 6.15. The molecule has 0 saturated carbocycles. The van der Waals surface area contributed by atoms with Crippen molar-refractivity contribution in [3.8, 4) is 0 Å². The van der Waals surface area contributed by atoms with Crippen LogP contribution in [0.4, 0.5) is 0 Å². The Balaban J connectivity index is 2.28. The van der Waals surface area contributed by atoms with Crippen LogP contribution < -0.4 is 5.32 Å². The van der Waals surface area contributed by atoms with Crippen LogP contribution in [0.2, 0.25) is 10.0 Å². The van der Waals surface area contributed by atoms with Gasteiger partial charge < -0.3 is 5.32 Å². The fourth-order valence-corrected chi connectivity index (χ4v) is 3.04. The quantitative estimate of drug-likeness (QED) is 0.859. The van der Waals surface area contributed by atoms with Crippen molar-refractivity contribution < 1.29 is 0 Å². The molecule has 0 bridgehead atoms. The fourth-order valence-electron chi connectivity index (χ4n) is 1.95. The van der Waals surface area contributed by atoms with Crippen LogP contribution in [0.1, 0.15) is 17.2 Å². The SMILES string of the molecule is CNC(Cc1ccncc1Cl)c1cc(Cl)cc(Br)c1. The lowest BCUT2D eigenvalue weighted by atomic mass is 10.00. The van der Waals surface area contributed by atoms with Gasteiger partial charge in [-0.2, -0.15) is 0 Å². The van der Waals surface area contributed by atoms with Gasteiger partial charge in [-0.3, -0.25) is 4.98 Å². The number of hydrogen-bond donors (Lipinski definition) is 1. The molecule has 0 aliphatic rings. The third-order valence-corrected chi connectivity index (χ3v) is 3.93. The van der Waals surface area contributed by atoms with Gasteiger partial charge in [0, 0.05) is 27.9 Å². The second kappa shape index (κ2) is 6.71. The second-order valence-electron chi connectivity index (χ2n) is 4.22. The Morgan fingerprint density at radius 3 is 2.74 bits per heavy atom. The van der Waals surface area contributed by atoms with E-state index in [4.69, 9.17) is 23.2 Å². The van der Waals surface area contributed by atoms with Crippen molar-refractivity contribution >= 4 is 39.1 Å². The Kier molecular flexibility index (Phi) is 5.22. The minimum absolute atomic E-state index is 0.148. The molecule has 0 amide bonds. The molecule has 1 aromatic heterocycles. The van der Waals surface area contributed by atoms with Crippen LogP contribution >= 0.6 is 39.1 Å². The highest BCUT2D eigenvalue weighted by atomic mass is 79.9. The molecule has 1 atom stereocenters. The van der Waals surface area contributed by atoms with Crippen molar-refractivity contribution in [1.82, 2.24) is 10.3 Å². The molecule has 0 fully saturated rings. The standard InChI is InChI=1S/C14H13BrCl2N2/c1-18-14(6-9-2-3-19-8-13(9)17)10-4-11(15)7-12(16)5-10/h2-5,7-8,14,18H,6H2,1H3. The molecular weight excluding hydrogens is 347 g/mol. The molecule has 1 aromatic carbocycles. The summed E-state index contributed by atoms with van der Waals surface area (Å²) in [6.45, 7) is 0. The third kappa shape index (κ3) is 3.93. The molecule has 1 N–H and O–H groups in total. The summed E-state index contributed by atoms with van der Waals surface area (Å²) in [7, 11) is 1.93. The van der Waals surface area contributed by atoms with Crippen LogP contribution in [0.25, 0.3) is 0 Å². The summed E-state index contributed by atoms with van der Waals surface area (Å²) < 4.78 is 0.969. The number of nitrogens with zero attached hydrogens (tertiary/aromatic N) is 1. The Labute approximate surface area is 131 Å². The van der Waals surface area contributed by atoms with Gasteiger partial charge in [-0.1, -0.05) is 39.1 Å². The first-order valence-corrected chi connectivity index (χ1v) is 7.36. The van der Waals surface area contributed by atoms with Gasteiger partial charge in [0.1, 0.15) is 0 Å². The summed E-state index contributed by atoms with van der Waals surface area (Å²) >= 11 is 15.7. The Hall–Kier alpha value is -0.610. The maximum Gasteiger partial charge on any atom is 0.0622 e. The molecule has 2 rings (SSSR count). The van der Waals surface area contributed by atoms with E-state index in [-0.39, 0.29) is 6.04 Å². The van der Waals surface area contributed by atoms with Gasteiger partial charge in [0.05, 0.1) is 5.02 Å². The molecule has 0 aliphatic heterocycles. The summed E-state index contributed by atoms with van der Waals surface area (Å²) in [5.74, 6) is 0. The summed E-state index contributed by atoms with van der Waals surface area (Å²) in [5.41, 5.74) is 2.18. The van der Waals surface area contributed by atoms with Crippen LogP contribution in [-0.2, 0) is 6.42 Å². The Morgan fingerprint density at radius 1 is 1.32 bits per heavy atom. The van der Waals surface area contributed by atoms with Crippen LogP contribution in [-0.4, -0.2) is 12.0 Å². The van der Waals surface area contributed by atoms with E-state index >= 15 is 0 Å². The Bertz CT molecular complexity index is 555. The van der Waals surface area contributed by atoms with Crippen LogP contribution in [0.3, 0.4) is 0 Å². The topological polar surface area (TPSA) is 24.9 Å². The monoisotopic (exact) mass is 358 g/mol. The molecule has 0 aliphatic carbocycles. The van der Waals surface area contributed by atoms with Crippen LogP contribution in [0.5, 0.6) is 0 Å². The number of aromatic nitrogens is 1. The summed E-state index contributed by atoms with van der Waals surface area (Å²) in [6, 6.07) is 7.98. The van der Waals surface area contributed by atoms with E-state index in [2.05, 4.69) is 32.3 Å². The van der Waals surface area contributed by atoms with Crippen LogP contribution in [0, 0.1) is 0 Å². The Morgan fingerprint density at radius 2 is 2.11 bits per heavy atom. The zero-order valence-corrected chi connectivity index (χ0v) is 13.4. The van der Waals surface area contributed by atoms with Gasteiger partial charge in [0.2, 0.25) is 0 Å². The summed E-state index contributed by atoms with van der Waals surface area (Å²) in [4.78, 5) is 4.00. The third-order valence-electron chi connectivity index (χ3n) is 2.92. The van der Waals surface area contributed by atoms with Crippen molar-refractivity contribution in [2.24, 2.45) is 0 Å². The van der Waals surface area contributed by atoms with E-state index in [9.17, 15) is 0 Å². The van der Waals surface area contributed by atoms with Gasteiger partial charge in [0.15, 0.2) is 0 Å². The molecule has 2 aromatic rings. The van der Waals surface area contributed by atoms with Crippen molar-refractivity contribution in [3.63, 3.8) is 0 Å². The molecule has 1 heterocycles. The largest absolute Gasteiger partial charge is 0.313 e.